The number of rotatable bonds is 5. The van der Waals surface area contributed by atoms with Crippen LogP contribution in [0.5, 0.6) is 5.75 Å². The molecule has 148 valence electrons. The Morgan fingerprint density at radius 3 is 2.85 bits per heavy atom. The van der Waals surface area contributed by atoms with E-state index in [1.54, 1.807) is 25.2 Å². The highest BCUT2D eigenvalue weighted by molar-refractivity contribution is 5.80. The number of nitrogens with one attached hydrogen (secondary N) is 2. The Morgan fingerprint density at radius 2 is 2.11 bits per heavy atom. The average Bonchev–Trinajstić information content (AvgIpc) is 3.31. The van der Waals surface area contributed by atoms with Crippen LogP contribution in [-0.2, 0) is 11.3 Å². The molecule has 0 amide bonds. The van der Waals surface area contributed by atoms with Crippen LogP contribution in [0.3, 0.4) is 0 Å². The molecule has 4 rings (SSSR count). The molecule has 2 aliphatic carbocycles. The van der Waals surface area contributed by atoms with E-state index in [0.717, 1.165) is 13.0 Å². The van der Waals surface area contributed by atoms with E-state index < -0.39 is 6.61 Å². The number of hydrogen-bond donors (Lipinski definition) is 2. The van der Waals surface area contributed by atoms with Crippen LogP contribution < -0.4 is 15.4 Å². The number of para-hydroxylation sites is 1. The van der Waals surface area contributed by atoms with Gasteiger partial charge in [0, 0.05) is 43.1 Å². The quantitative estimate of drug-likeness (QED) is 0.609. The highest BCUT2D eigenvalue weighted by Crippen LogP contribution is 2.60. The fraction of sp³-hybridized carbons (Fsp3) is 0.650. The molecule has 7 heteroatoms. The zero-order valence-corrected chi connectivity index (χ0v) is 15.6. The molecule has 5 nitrogen and oxygen atoms in total. The molecule has 1 aromatic rings. The highest BCUT2D eigenvalue weighted by Gasteiger charge is 2.65. The molecule has 1 spiro atoms. The minimum Gasteiger partial charge on any atom is -0.434 e. The topological polar surface area (TPSA) is 54.9 Å². The van der Waals surface area contributed by atoms with Crippen LogP contribution in [0.4, 0.5) is 8.78 Å². The second-order valence-electron chi connectivity index (χ2n) is 7.72. The Bertz CT molecular complexity index is 692. The van der Waals surface area contributed by atoms with Gasteiger partial charge in [-0.25, -0.2) is 0 Å². The molecule has 3 fully saturated rings. The molecule has 1 aromatic carbocycles. The summed E-state index contributed by atoms with van der Waals surface area (Å²) in [6.45, 7) is -1.62. The van der Waals surface area contributed by atoms with Gasteiger partial charge in [0.2, 0.25) is 0 Å². The van der Waals surface area contributed by atoms with Gasteiger partial charge in [0.1, 0.15) is 5.75 Å². The van der Waals surface area contributed by atoms with Crippen LogP contribution >= 0.6 is 0 Å². The monoisotopic (exact) mass is 379 g/mol. The lowest BCUT2D eigenvalue weighted by atomic mass is 9.54. The van der Waals surface area contributed by atoms with E-state index in [2.05, 4.69) is 20.4 Å². The van der Waals surface area contributed by atoms with Crippen LogP contribution in [0.2, 0.25) is 0 Å². The van der Waals surface area contributed by atoms with E-state index in [1.807, 2.05) is 6.07 Å². The predicted molar refractivity (Wildman–Crippen MR) is 98.9 cm³/mol. The van der Waals surface area contributed by atoms with Gasteiger partial charge in [0.25, 0.3) is 0 Å². The van der Waals surface area contributed by atoms with Gasteiger partial charge in [-0.2, -0.15) is 8.78 Å². The van der Waals surface area contributed by atoms with Gasteiger partial charge < -0.3 is 20.1 Å². The molecular formula is C20H27F2N3O2. The van der Waals surface area contributed by atoms with Crippen LogP contribution in [-0.4, -0.2) is 38.4 Å². The van der Waals surface area contributed by atoms with Crippen molar-refractivity contribution >= 4 is 5.96 Å². The Balaban J connectivity index is 1.41. The summed E-state index contributed by atoms with van der Waals surface area (Å²) < 4.78 is 35.8. The molecule has 1 heterocycles. The third-order valence-electron chi connectivity index (χ3n) is 6.44. The Morgan fingerprint density at radius 1 is 1.33 bits per heavy atom. The van der Waals surface area contributed by atoms with Gasteiger partial charge in [0.15, 0.2) is 5.96 Å². The lowest BCUT2D eigenvalue weighted by Gasteiger charge is -2.57. The molecular weight excluding hydrogens is 352 g/mol. The lowest BCUT2D eigenvalue weighted by Crippen LogP contribution is -2.69. The maximum absolute atomic E-state index is 12.6. The standard InChI is InChI=1S/C20H27F2N3O2/c1-23-19(24-12-13-6-2-3-7-15(13)27-18(21)22)25-16-14-8-11-26-17(14)20(16)9-4-5-10-20/h2-3,6-7,14,16-18H,4-5,8-12H2,1H3,(H2,23,24,25). The molecule has 0 bridgehead atoms. The fourth-order valence-corrected chi connectivity index (χ4v) is 5.29. The summed E-state index contributed by atoms with van der Waals surface area (Å²) >= 11 is 0. The molecule has 3 atom stereocenters. The number of hydrogen-bond acceptors (Lipinski definition) is 3. The molecule has 1 aliphatic heterocycles. The number of fused-ring (bicyclic) bond motifs is 2. The molecule has 27 heavy (non-hydrogen) atoms. The summed E-state index contributed by atoms with van der Waals surface area (Å²) in [6, 6.07) is 7.20. The van der Waals surface area contributed by atoms with Crippen molar-refractivity contribution in [1.82, 2.24) is 10.6 Å². The number of halogens is 2. The van der Waals surface area contributed by atoms with Gasteiger partial charge in [-0.3, -0.25) is 4.99 Å². The molecule has 3 unspecified atom stereocenters. The Hall–Kier alpha value is -1.89. The van der Waals surface area contributed by atoms with Crippen LogP contribution in [0.15, 0.2) is 29.3 Å². The smallest absolute Gasteiger partial charge is 0.387 e. The summed E-state index contributed by atoms with van der Waals surface area (Å²) in [5.41, 5.74) is 0.905. The van der Waals surface area contributed by atoms with Gasteiger partial charge in [-0.05, 0) is 25.3 Å². The third-order valence-corrected chi connectivity index (χ3v) is 6.44. The minimum atomic E-state index is -2.83. The Labute approximate surface area is 158 Å². The summed E-state index contributed by atoms with van der Waals surface area (Å²) in [6.07, 6.45) is 6.40. The normalized spacial score (nSPS) is 28.9. The van der Waals surface area contributed by atoms with Crippen molar-refractivity contribution in [3.63, 3.8) is 0 Å². The molecule has 0 aromatic heterocycles. The Kier molecular flexibility index (Phi) is 5.21. The second-order valence-corrected chi connectivity index (χ2v) is 7.72. The average molecular weight is 379 g/mol. The highest BCUT2D eigenvalue weighted by atomic mass is 19.3. The van der Waals surface area contributed by atoms with Crippen molar-refractivity contribution in [3.8, 4) is 5.75 Å². The van der Waals surface area contributed by atoms with Gasteiger partial charge in [-0.15, -0.1) is 0 Å². The van der Waals surface area contributed by atoms with Crippen molar-refractivity contribution in [3.05, 3.63) is 29.8 Å². The summed E-state index contributed by atoms with van der Waals surface area (Å²) in [5.74, 6) is 1.43. The summed E-state index contributed by atoms with van der Waals surface area (Å²) in [4.78, 5) is 4.35. The fourth-order valence-electron chi connectivity index (χ4n) is 5.29. The van der Waals surface area contributed by atoms with Crippen molar-refractivity contribution in [2.75, 3.05) is 13.7 Å². The first-order valence-electron chi connectivity index (χ1n) is 9.75. The number of benzene rings is 1. The van der Waals surface area contributed by atoms with Gasteiger partial charge in [0.05, 0.1) is 6.10 Å². The van der Waals surface area contributed by atoms with E-state index in [4.69, 9.17) is 4.74 Å². The predicted octanol–water partition coefficient (Wildman–Crippen LogP) is 3.30. The van der Waals surface area contributed by atoms with E-state index in [-0.39, 0.29) is 11.2 Å². The minimum absolute atomic E-state index is 0.190. The van der Waals surface area contributed by atoms with Gasteiger partial charge >= 0.3 is 6.61 Å². The number of guanidine groups is 1. The number of aliphatic imine (C=N–C) groups is 1. The molecule has 2 saturated carbocycles. The lowest BCUT2D eigenvalue weighted by molar-refractivity contribution is -0.125. The van der Waals surface area contributed by atoms with E-state index >= 15 is 0 Å². The second kappa shape index (κ2) is 7.62. The summed E-state index contributed by atoms with van der Waals surface area (Å²) in [5, 5.41) is 6.87. The van der Waals surface area contributed by atoms with Crippen molar-refractivity contribution in [1.29, 1.82) is 0 Å². The van der Waals surface area contributed by atoms with Crippen LogP contribution in [0.1, 0.15) is 37.7 Å². The van der Waals surface area contributed by atoms with Crippen LogP contribution in [0.25, 0.3) is 0 Å². The largest absolute Gasteiger partial charge is 0.434 e. The molecule has 2 N–H and O–H groups in total. The number of alkyl halides is 2. The zero-order valence-electron chi connectivity index (χ0n) is 15.6. The van der Waals surface area contributed by atoms with E-state index in [1.165, 1.54) is 25.7 Å². The first kappa shape index (κ1) is 18.5. The van der Waals surface area contributed by atoms with Crippen LogP contribution in [0, 0.1) is 11.3 Å². The van der Waals surface area contributed by atoms with Gasteiger partial charge in [-0.1, -0.05) is 31.0 Å². The van der Waals surface area contributed by atoms with Crippen molar-refractivity contribution < 1.29 is 18.3 Å². The molecule has 0 radical (unpaired) electrons. The zero-order chi connectivity index (χ0) is 18.9. The summed E-state index contributed by atoms with van der Waals surface area (Å²) in [7, 11) is 1.74. The molecule has 1 saturated heterocycles. The number of ether oxygens (including phenoxy) is 2. The van der Waals surface area contributed by atoms with E-state index in [9.17, 15) is 8.78 Å². The first-order valence-corrected chi connectivity index (χ1v) is 9.75. The van der Waals surface area contributed by atoms with E-state index in [0.29, 0.717) is 36.1 Å². The SMILES string of the molecule is CN=C(NCc1ccccc1OC(F)F)NC1C2CCOC2C12CCCC2. The van der Waals surface area contributed by atoms with Crippen molar-refractivity contribution in [2.45, 2.75) is 57.4 Å². The third kappa shape index (κ3) is 3.37. The maximum atomic E-state index is 12.6. The number of nitrogens with zero attached hydrogens (tertiary/aromatic N) is 1. The maximum Gasteiger partial charge on any atom is 0.387 e. The molecule has 3 aliphatic rings. The first-order chi connectivity index (χ1) is 13.1. The van der Waals surface area contributed by atoms with Crippen molar-refractivity contribution in [2.24, 2.45) is 16.3 Å².